The van der Waals surface area contributed by atoms with Gasteiger partial charge in [-0.05, 0) is 7.05 Å². The third-order valence-corrected chi connectivity index (χ3v) is 1.85. The maximum Gasteiger partial charge on any atom is 0.228 e. The molecule has 0 radical (unpaired) electrons. The lowest BCUT2D eigenvalue weighted by Crippen LogP contribution is -2.10. The normalized spacial score (nSPS) is 10.5. The molecule has 0 spiro atoms. The molecule has 0 saturated carbocycles. The van der Waals surface area contributed by atoms with E-state index in [4.69, 9.17) is 4.52 Å². The fourth-order valence-corrected chi connectivity index (χ4v) is 1.11. The Morgan fingerprint density at radius 1 is 1.40 bits per heavy atom. The summed E-state index contributed by atoms with van der Waals surface area (Å²) in [6.45, 7) is 0.808. The summed E-state index contributed by atoms with van der Waals surface area (Å²) in [4.78, 5) is 12.2. The highest BCUT2D eigenvalue weighted by Gasteiger charge is 2.08. The average Bonchev–Trinajstić information content (AvgIpc) is 2.76. The molecule has 2 heterocycles. The predicted molar refractivity (Wildman–Crippen MR) is 53.0 cm³/mol. The second kappa shape index (κ2) is 4.61. The summed E-state index contributed by atoms with van der Waals surface area (Å²) < 4.78 is 5.05. The van der Waals surface area contributed by atoms with Crippen molar-refractivity contribution in [1.82, 2.24) is 25.4 Å². The lowest BCUT2D eigenvalue weighted by Gasteiger charge is -1.91. The number of likely N-dealkylation sites (N-methyl/N-ethyl adjacent to an activating group) is 1. The lowest BCUT2D eigenvalue weighted by atomic mass is 10.4. The van der Waals surface area contributed by atoms with Gasteiger partial charge in [0.15, 0.2) is 0 Å². The van der Waals surface area contributed by atoms with Crippen LogP contribution in [0.2, 0.25) is 0 Å². The summed E-state index contributed by atoms with van der Waals surface area (Å²) in [5.74, 6) is 1.08. The SMILES string of the molecule is CNCCc1nc(-c2cnccn2)no1. The number of nitrogens with one attached hydrogen (secondary N) is 1. The van der Waals surface area contributed by atoms with Crippen molar-refractivity contribution < 1.29 is 4.52 Å². The maximum atomic E-state index is 5.05. The van der Waals surface area contributed by atoms with Crippen LogP contribution in [0.5, 0.6) is 0 Å². The average molecular weight is 205 g/mol. The topological polar surface area (TPSA) is 76.7 Å². The minimum Gasteiger partial charge on any atom is -0.339 e. The van der Waals surface area contributed by atoms with E-state index in [-0.39, 0.29) is 0 Å². The Kier molecular flexibility index (Phi) is 2.99. The zero-order valence-corrected chi connectivity index (χ0v) is 8.34. The second-order valence-corrected chi connectivity index (χ2v) is 2.96. The number of rotatable bonds is 4. The van der Waals surface area contributed by atoms with Gasteiger partial charge in [0.2, 0.25) is 11.7 Å². The van der Waals surface area contributed by atoms with E-state index in [9.17, 15) is 0 Å². The molecule has 0 aliphatic heterocycles. The van der Waals surface area contributed by atoms with Gasteiger partial charge in [0.1, 0.15) is 5.69 Å². The van der Waals surface area contributed by atoms with E-state index in [0.717, 1.165) is 6.54 Å². The van der Waals surface area contributed by atoms with E-state index in [0.29, 0.717) is 23.8 Å². The molecule has 15 heavy (non-hydrogen) atoms. The molecule has 2 aromatic heterocycles. The van der Waals surface area contributed by atoms with Gasteiger partial charge in [0.05, 0.1) is 6.20 Å². The van der Waals surface area contributed by atoms with E-state index in [1.807, 2.05) is 7.05 Å². The Balaban J connectivity index is 2.14. The van der Waals surface area contributed by atoms with Crippen molar-refractivity contribution in [1.29, 1.82) is 0 Å². The van der Waals surface area contributed by atoms with Crippen LogP contribution >= 0.6 is 0 Å². The van der Waals surface area contributed by atoms with Crippen LogP contribution in [0.25, 0.3) is 11.5 Å². The van der Waals surface area contributed by atoms with Crippen molar-refractivity contribution in [2.45, 2.75) is 6.42 Å². The number of hydrogen-bond acceptors (Lipinski definition) is 6. The molecule has 0 unspecified atom stereocenters. The zero-order valence-electron chi connectivity index (χ0n) is 8.34. The van der Waals surface area contributed by atoms with E-state index in [2.05, 4.69) is 25.4 Å². The van der Waals surface area contributed by atoms with Crippen molar-refractivity contribution in [3.8, 4) is 11.5 Å². The van der Waals surface area contributed by atoms with Crippen LogP contribution < -0.4 is 5.32 Å². The standard InChI is InChI=1S/C9H11N5O/c1-10-3-2-8-13-9(14-15-8)7-6-11-4-5-12-7/h4-6,10H,2-3H2,1H3. The minimum absolute atomic E-state index is 0.481. The molecule has 0 saturated heterocycles. The summed E-state index contributed by atoms with van der Waals surface area (Å²) in [5, 5.41) is 6.83. The minimum atomic E-state index is 0.481. The summed E-state index contributed by atoms with van der Waals surface area (Å²) in [6, 6.07) is 0. The van der Waals surface area contributed by atoms with Crippen LogP contribution in [0, 0.1) is 0 Å². The maximum absolute atomic E-state index is 5.05. The van der Waals surface area contributed by atoms with Gasteiger partial charge in [-0.3, -0.25) is 4.98 Å². The Bertz CT molecular complexity index is 413. The van der Waals surface area contributed by atoms with E-state index < -0.39 is 0 Å². The molecular weight excluding hydrogens is 194 g/mol. The molecule has 6 nitrogen and oxygen atoms in total. The quantitative estimate of drug-likeness (QED) is 0.773. The molecule has 0 amide bonds. The summed E-state index contributed by atoms with van der Waals surface area (Å²) >= 11 is 0. The van der Waals surface area contributed by atoms with Gasteiger partial charge in [-0.25, -0.2) is 4.98 Å². The highest BCUT2D eigenvalue weighted by atomic mass is 16.5. The first-order chi connectivity index (χ1) is 7.40. The Labute approximate surface area is 86.8 Å². The Morgan fingerprint density at radius 3 is 3.07 bits per heavy atom. The van der Waals surface area contributed by atoms with Gasteiger partial charge in [0.25, 0.3) is 0 Å². The molecule has 2 rings (SSSR count). The third kappa shape index (κ3) is 2.35. The van der Waals surface area contributed by atoms with Crippen LogP contribution in [-0.2, 0) is 6.42 Å². The van der Waals surface area contributed by atoms with Crippen LogP contribution in [0.1, 0.15) is 5.89 Å². The molecule has 1 N–H and O–H groups in total. The van der Waals surface area contributed by atoms with Gasteiger partial charge in [-0.1, -0.05) is 5.16 Å². The molecule has 6 heteroatoms. The summed E-state index contributed by atoms with van der Waals surface area (Å²) in [6.07, 6.45) is 5.51. The van der Waals surface area contributed by atoms with Crippen molar-refractivity contribution in [2.24, 2.45) is 0 Å². The molecule has 0 aliphatic carbocycles. The van der Waals surface area contributed by atoms with Crippen molar-refractivity contribution in [3.63, 3.8) is 0 Å². The predicted octanol–water partition coefficient (Wildman–Crippen LogP) is 0.288. The highest BCUT2D eigenvalue weighted by Crippen LogP contribution is 2.10. The molecule has 78 valence electrons. The van der Waals surface area contributed by atoms with E-state index in [1.54, 1.807) is 18.6 Å². The van der Waals surface area contributed by atoms with Gasteiger partial charge >= 0.3 is 0 Å². The number of hydrogen-bond donors (Lipinski definition) is 1. The first-order valence-electron chi connectivity index (χ1n) is 4.63. The van der Waals surface area contributed by atoms with E-state index in [1.165, 1.54) is 0 Å². The fourth-order valence-electron chi connectivity index (χ4n) is 1.11. The number of nitrogens with zero attached hydrogens (tertiary/aromatic N) is 4. The molecule has 0 atom stereocenters. The first kappa shape index (κ1) is 9.72. The Morgan fingerprint density at radius 2 is 2.33 bits per heavy atom. The van der Waals surface area contributed by atoms with Crippen molar-refractivity contribution in [3.05, 3.63) is 24.5 Å². The summed E-state index contributed by atoms with van der Waals surface area (Å²) in [7, 11) is 1.87. The third-order valence-electron chi connectivity index (χ3n) is 1.85. The van der Waals surface area contributed by atoms with Gasteiger partial charge < -0.3 is 9.84 Å². The monoisotopic (exact) mass is 205 g/mol. The summed E-state index contributed by atoms with van der Waals surface area (Å²) in [5.41, 5.74) is 0.622. The zero-order chi connectivity index (χ0) is 10.5. The van der Waals surface area contributed by atoms with Gasteiger partial charge in [0, 0.05) is 25.4 Å². The molecule has 0 fully saturated rings. The van der Waals surface area contributed by atoms with Gasteiger partial charge in [-0.2, -0.15) is 4.98 Å². The fraction of sp³-hybridized carbons (Fsp3) is 0.333. The van der Waals surface area contributed by atoms with Crippen LogP contribution in [0.4, 0.5) is 0 Å². The molecule has 0 bridgehead atoms. The van der Waals surface area contributed by atoms with Crippen molar-refractivity contribution in [2.75, 3.05) is 13.6 Å². The van der Waals surface area contributed by atoms with Crippen molar-refractivity contribution >= 4 is 0 Å². The first-order valence-corrected chi connectivity index (χ1v) is 4.63. The highest BCUT2D eigenvalue weighted by molar-refractivity contribution is 5.45. The Hall–Kier alpha value is -1.82. The molecule has 0 aliphatic rings. The van der Waals surface area contributed by atoms with Crippen LogP contribution in [0.15, 0.2) is 23.1 Å². The molecule has 2 aromatic rings. The van der Waals surface area contributed by atoms with Crippen LogP contribution in [0.3, 0.4) is 0 Å². The number of aromatic nitrogens is 4. The van der Waals surface area contributed by atoms with E-state index >= 15 is 0 Å². The lowest BCUT2D eigenvalue weighted by molar-refractivity contribution is 0.377. The smallest absolute Gasteiger partial charge is 0.228 e. The van der Waals surface area contributed by atoms with Crippen LogP contribution in [-0.4, -0.2) is 33.7 Å². The molecule has 0 aromatic carbocycles. The second-order valence-electron chi connectivity index (χ2n) is 2.96. The largest absolute Gasteiger partial charge is 0.339 e. The van der Waals surface area contributed by atoms with Gasteiger partial charge in [-0.15, -0.1) is 0 Å². The molecular formula is C9H11N5O.